The number of benzene rings is 1. The number of fused-ring (bicyclic) bond motifs is 1. The molecule has 1 aliphatic heterocycles. The number of methoxy groups -OCH3 is 2. The van der Waals surface area contributed by atoms with Gasteiger partial charge in [0, 0.05) is 35.2 Å². The predicted molar refractivity (Wildman–Crippen MR) is 148 cm³/mol. The Kier molecular flexibility index (Phi) is 9.12. The van der Waals surface area contributed by atoms with Gasteiger partial charge in [0.1, 0.15) is 29.7 Å². The molecule has 9 nitrogen and oxygen atoms in total. The average Bonchev–Trinajstić information content (AvgIpc) is 2.92. The molecule has 4 rings (SSSR count). The molecule has 1 aliphatic rings. The zero-order valence-electron chi connectivity index (χ0n) is 21.5. The van der Waals surface area contributed by atoms with Crippen LogP contribution in [0.2, 0.25) is 10.0 Å². The number of carbonyl (C=O) groups is 1. The topological polar surface area (TPSA) is 107 Å². The Morgan fingerprint density at radius 2 is 1.88 bits per heavy atom. The summed E-state index contributed by atoms with van der Waals surface area (Å²) in [6.07, 6.45) is -1.29. The Morgan fingerprint density at radius 3 is 2.50 bits per heavy atom. The molecular weight excluding hydrogens is 574 g/mol. The summed E-state index contributed by atoms with van der Waals surface area (Å²) in [6, 6.07) is 4.06. The molecule has 3 aromatic rings. The molecule has 2 aromatic heterocycles. The number of nitrogens with zero attached hydrogens (tertiary/aromatic N) is 2. The lowest BCUT2D eigenvalue weighted by Crippen LogP contribution is -2.52. The van der Waals surface area contributed by atoms with E-state index in [-0.39, 0.29) is 63.2 Å². The van der Waals surface area contributed by atoms with Crippen LogP contribution in [0.25, 0.3) is 22.0 Å². The van der Waals surface area contributed by atoms with E-state index in [1.165, 1.54) is 32.6 Å². The summed E-state index contributed by atoms with van der Waals surface area (Å²) >= 11 is 13.1. The van der Waals surface area contributed by atoms with Gasteiger partial charge < -0.3 is 30.2 Å². The van der Waals surface area contributed by atoms with Gasteiger partial charge in [-0.05, 0) is 24.6 Å². The summed E-state index contributed by atoms with van der Waals surface area (Å²) in [5.41, 5.74) is 0.401. The van der Waals surface area contributed by atoms with Crippen LogP contribution < -0.4 is 25.4 Å². The Morgan fingerprint density at radius 1 is 1.18 bits per heavy atom. The van der Waals surface area contributed by atoms with Crippen molar-refractivity contribution in [3.05, 3.63) is 47.1 Å². The molecule has 1 saturated heterocycles. The van der Waals surface area contributed by atoms with Crippen LogP contribution in [0, 0.1) is 0 Å². The monoisotopic (exact) mass is 599 g/mol. The standard InChI is InChI=1S/C26H26Cl2F3N5O4/c1-4-21(37)35-15-5-6-40-11-17(15)34-20-8-14-13(10-32-20)7-16(36-25(14)33-12-26(29,30)31)22-23(27)18(38-2)9-19(39-3)24(22)28/h4,7-10,15,17H,1,5-6,11-12H2,2-3H3,(H,32,34)(H,33,36)(H,35,37)/t15-,17+/m0/s1. The zero-order chi connectivity index (χ0) is 29.0. The minimum atomic E-state index is -4.51. The maximum absolute atomic E-state index is 13.2. The fraction of sp³-hybridized carbons (Fsp3) is 0.346. The lowest BCUT2D eigenvalue weighted by molar-refractivity contribution is -0.118. The van der Waals surface area contributed by atoms with Crippen LogP contribution in [0.15, 0.2) is 37.1 Å². The first-order valence-electron chi connectivity index (χ1n) is 12.0. The fourth-order valence-electron chi connectivity index (χ4n) is 4.27. The molecule has 0 aliphatic carbocycles. The lowest BCUT2D eigenvalue weighted by Gasteiger charge is -2.32. The molecule has 3 heterocycles. The minimum absolute atomic E-state index is 0.0689. The molecule has 2 atom stereocenters. The molecule has 3 N–H and O–H groups in total. The number of carbonyl (C=O) groups excluding carboxylic acids is 1. The Hall–Kier alpha value is -3.48. The molecule has 1 fully saturated rings. The van der Waals surface area contributed by atoms with Gasteiger partial charge in [-0.1, -0.05) is 29.8 Å². The van der Waals surface area contributed by atoms with Crippen LogP contribution in [0.4, 0.5) is 24.8 Å². The maximum atomic E-state index is 13.2. The van der Waals surface area contributed by atoms with E-state index in [9.17, 15) is 18.0 Å². The second kappa shape index (κ2) is 12.4. The van der Waals surface area contributed by atoms with Gasteiger partial charge in [-0.15, -0.1) is 0 Å². The second-order valence-electron chi connectivity index (χ2n) is 8.83. The van der Waals surface area contributed by atoms with Crippen LogP contribution in [0.5, 0.6) is 11.5 Å². The van der Waals surface area contributed by atoms with Gasteiger partial charge in [0.05, 0.1) is 48.6 Å². The number of halogens is 5. The minimum Gasteiger partial charge on any atom is -0.495 e. The van der Waals surface area contributed by atoms with Gasteiger partial charge in [-0.3, -0.25) is 4.79 Å². The third-order valence-electron chi connectivity index (χ3n) is 6.20. The van der Waals surface area contributed by atoms with Crippen molar-refractivity contribution in [3.63, 3.8) is 0 Å². The number of rotatable bonds is 9. The van der Waals surface area contributed by atoms with Crippen molar-refractivity contribution in [3.8, 4) is 22.8 Å². The molecule has 214 valence electrons. The molecule has 14 heteroatoms. The van der Waals surface area contributed by atoms with E-state index >= 15 is 0 Å². The molecular formula is C26H26Cl2F3N5O4. The summed E-state index contributed by atoms with van der Waals surface area (Å²) in [7, 11) is 2.82. The van der Waals surface area contributed by atoms with E-state index in [0.29, 0.717) is 29.6 Å². The third kappa shape index (κ3) is 6.62. The first-order valence-corrected chi connectivity index (χ1v) is 12.8. The van der Waals surface area contributed by atoms with Gasteiger partial charge in [-0.2, -0.15) is 13.2 Å². The van der Waals surface area contributed by atoms with Crippen molar-refractivity contribution in [1.82, 2.24) is 15.3 Å². The lowest BCUT2D eigenvalue weighted by atomic mass is 10.0. The summed E-state index contributed by atoms with van der Waals surface area (Å²) in [6.45, 7) is 2.88. The Bertz CT molecular complexity index is 1400. The second-order valence-corrected chi connectivity index (χ2v) is 9.59. The van der Waals surface area contributed by atoms with Gasteiger partial charge in [-0.25, -0.2) is 9.97 Å². The number of hydrogen-bond donors (Lipinski definition) is 3. The zero-order valence-corrected chi connectivity index (χ0v) is 23.0. The average molecular weight is 600 g/mol. The van der Waals surface area contributed by atoms with E-state index < -0.39 is 12.7 Å². The number of ether oxygens (including phenoxy) is 3. The van der Waals surface area contributed by atoms with Gasteiger partial charge >= 0.3 is 6.18 Å². The highest BCUT2D eigenvalue weighted by atomic mass is 35.5. The first-order chi connectivity index (χ1) is 19.0. The van der Waals surface area contributed by atoms with Crippen molar-refractivity contribution < 1.29 is 32.2 Å². The number of alkyl halides is 3. The molecule has 0 saturated carbocycles. The van der Waals surface area contributed by atoms with Crippen molar-refractivity contribution in [1.29, 1.82) is 0 Å². The van der Waals surface area contributed by atoms with Crippen LogP contribution in [0.1, 0.15) is 6.42 Å². The highest BCUT2D eigenvalue weighted by molar-refractivity contribution is 6.41. The number of amides is 1. The van der Waals surface area contributed by atoms with Crippen LogP contribution in [0.3, 0.4) is 0 Å². The molecule has 0 unspecified atom stereocenters. The number of pyridine rings is 2. The molecule has 0 bridgehead atoms. The van der Waals surface area contributed by atoms with Crippen LogP contribution in [-0.4, -0.2) is 68.1 Å². The van der Waals surface area contributed by atoms with Crippen LogP contribution >= 0.6 is 23.2 Å². The summed E-state index contributed by atoms with van der Waals surface area (Å²) in [4.78, 5) is 20.8. The summed E-state index contributed by atoms with van der Waals surface area (Å²) in [5.74, 6) is 0.447. The molecule has 0 radical (unpaired) electrons. The van der Waals surface area contributed by atoms with Crippen molar-refractivity contribution in [2.24, 2.45) is 0 Å². The largest absolute Gasteiger partial charge is 0.495 e. The van der Waals surface area contributed by atoms with E-state index in [1.54, 1.807) is 12.1 Å². The Balaban J connectivity index is 1.79. The van der Waals surface area contributed by atoms with Crippen LogP contribution in [-0.2, 0) is 9.53 Å². The third-order valence-corrected chi connectivity index (χ3v) is 6.95. The van der Waals surface area contributed by atoms with E-state index in [1.807, 2.05) is 0 Å². The predicted octanol–water partition coefficient (Wildman–Crippen LogP) is 5.47. The molecule has 1 aromatic carbocycles. The van der Waals surface area contributed by atoms with Gasteiger partial charge in [0.25, 0.3) is 0 Å². The highest BCUT2D eigenvalue weighted by Gasteiger charge is 2.29. The summed E-state index contributed by atoms with van der Waals surface area (Å²) < 4.78 is 55.8. The van der Waals surface area contributed by atoms with Crippen molar-refractivity contribution in [2.45, 2.75) is 24.7 Å². The summed E-state index contributed by atoms with van der Waals surface area (Å²) in [5, 5.41) is 9.48. The number of nitrogens with one attached hydrogen (secondary N) is 3. The maximum Gasteiger partial charge on any atom is 0.405 e. The smallest absolute Gasteiger partial charge is 0.405 e. The normalized spacial score (nSPS) is 17.3. The van der Waals surface area contributed by atoms with Crippen molar-refractivity contribution >= 4 is 51.5 Å². The quantitative estimate of drug-likeness (QED) is 0.278. The Labute approximate surface area is 238 Å². The van der Waals surface area contributed by atoms with Gasteiger partial charge in [0.2, 0.25) is 5.91 Å². The molecule has 40 heavy (non-hydrogen) atoms. The SMILES string of the molecule is C=CC(=O)N[C@H]1CCOC[C@H]1Nc1cc2c(NCC(F)(F)F)nc(-c3c(Cl)c(OC)cc(OC)c3Cl)cc2cn1. The highest BCUT2D eigenvalue weighted by Crippen LogP contribution is 2.46. The fourth-order valence-corrected chi connectivity index (χ4v) is 4.96. The van der Waals surface area contributed by atoms with Crippen molar-refractivity contribution in [2.75, 3.05) is 44.6 Å². The first kappa shape index (κ1) is 29.5. The van der Waals surface area contributed by atoms with E-state index in [2.05, 4.69) is 32.5 Å². The number of aromatic nitrogens is 2. The number of anilines is 2. The number of hydrogen-bond acceptors (Lipinski definition) is 8. The molecule has 1 amide bonds. The van der Waals surface area contributed by atoms with Gasteiger partial charge in [0.15, 0.2) is 0 Å². The van der Waals surface area contributed by atoms with E-state index in [4.69, 9.17) is 37.4 Å². The molecule has 0 spiro atoms. The van der Waals surface area contributed by atoms with E-state index in [0.717, 1.165) is 0 Å².